The molecule has 0 aromatic carbocycles. The number of allylic oxidation sites excluding steroid dienone is 5. The average Bonchev–Trinajstić information content (AvgIpc) is 2.29. The second-order valence-corrected chi connectivity index (χ2v) is 4.61. The third-order valence-corrected chi connectivity index (χ3v) is 3.05. The first-order chi connectivity index (χ1) is 8.08. The van der Waals surface area contributed by atoms with E-state index in [0.29, 0.717) is 6.61 Å². The molecule has 4 nitrogen and oxygen atoms in total. The molecule has 0 bridgehead atoms. The molecule has 0 aliphatic heterocycles. The Labute approximate surface area is 109 Å². The molecule has 0 heterocycles. The summed E-state index contributed by atoms with van der Waals surface area (Å²) in [6, 6.07) is 0. The molecule has 0 aromatic heterocycles. The van der Waals surface area contributed by atoms with Crippen LogP contribution in [0.1, 0.15) is 13.3 Å². The van der Waals surface area contributed by atoms with Crippen LogP contribution in [0.2, 0.25) is 0 Å². The Kier molecular flexibility index (Phi) is 5.28. The van der Waals surface area contributed by atoms with E-state index in [1.54, 1.807) is 20.1 Å². The monoisotopic (exact) mass is 301 g/mol. The summed E-state index contributed by atoms with van der Waals surface area (Å²) in [6.07, 6.45) is 6.09. The summed E-state index contributed by atoms with van der Waals surface area (Å²) in [5.74, 6) is 0.373. The van der Waals surface area contributed by atoms with Crippen molar-refractivity contribution in [3.05, 3.63) is 35.3 Å². The lowest BCUT2D eigenvalue weighted by atomic mass is 10.0. The first kappa shape index (κ1) is 13.8. The molecular weight excluding hydrogens is 286 g/mol. The number of esters is 1. The van der Waals surface area contributed by atoms with Gasteiger partial charge in [-0.3, -0.25) is 0 Å². The standard InChI is InChI=1S/C12H16BrNO3/c1-3-17-12(15)10(14)7-8-4-5-11(16-2)9(13)6-8/h4-5,7,9H,3,6,14H2,1-2H3/b10-7-/t9-/m1/s1. The molecule has 0 saturated carbocycles. The number of nitrogens with two attached hydrogens (primary N) is 1. The Morgan fingerprint density at radius 3 is 2.88 bits per heavy atom. The Balaban J connectivity index is 2.76. The molecular formula is C12H16BrNO3. The molecule has 0 saturated heterocycles. The molecule has 5 heteroatoms. The SMILES string of the molecule is CCOC(=O)/C(N)=C/C1=CC=C(OC)[C@H](Br)C1. The van der Waals surface area contributed by atoms with Crippen molar-refractivity contribution in [3.63, 3.8) is 0 Å². The second kappa shape index (κ2) is 6.49. The van der Waals surface area contributed by atoms with Crippen LogP contribution in [0.4, 0.5) is 0 Å². The van der Waals surface area contributed by atoms with E-state index in [4.69, 9.17) is 15.2 Å². The third kappa shape index (κ3) is 3.93. The molecule has 0 radical (unpaired) electrons. The zero-order chi connectivity index (χ0) is 12.8. The highest BCUT2D eigenvalue weighted by Crippen LogP contribution is 2.26. The van der Waals surface area contributed by atoms with Gasteiger partial charge in [-0.15, -0.1) is 0 Å². The first-order valence-corrected chi connectivity index (χ1v) is 6.23. The van der Waals surface area contributed by atoms with E-state index in [0.717, 1.165) is 17.8 Å². The van der Waals surface area contributed by atoms with Crippen molar-refractivity contribution in [3.8, 4) is 0 Å². The average molecular weight is 302 g/mol. The molecule has 1 aliphatic rings. The van der Waals surface area contributed by atoms with Crippen molar-refractivity contribution in [2.24, 2.45) is 5.73 Å². The van der Waals surface area contributed by atoms with Crippen molar-refractivity contribution in [1.29, 1.82) is 0 Å². The third-order valence-electron chi connectivity index (χ3n) is 2.27. The number of halogens is 1. The number of hydrogen-bond donors (Lipinski definition) is 1. The number of alkyl halides is 1. The topological polar surface area (TPSA) is 61.5 Å². The highest BCUT2D eigenvalue weighted by molar-refractivity contribution is 9.09. The summed E-state index contributed by atoms with van der Waals surface area (Å²) in [5, 5.41) is 0. The molecule has 2 N–H and O–H groups in total. The van der Waals surface area contributed by atoms with E-state index >= 15 is 0 Å². The van der Waals surface area contributed by atoms with Crippen LogP contribution in [0, 0.1) is 0 Å². The van der Waals surface area contributed by atoms with Gasteiger partial charge >= 0.3 is 5.97 Å². The Bertz CT molecular complexity index is 385. The van der Waals surface area contributed by atoms with E-state index < -0.39 is 5.97 Å². The van der Waals surface area contributed by atoms with E-state index in [9.17, 15) is 4.79 Å². The van der Waals surface area contributed by atoms with Crippen LogP contribution >= 0.6 is 15.9 Å². The largest absolute Gasteiger partial charge is 0.500 e. The van der Waals surface area contributed by atoms with Gasteiger partial charge in [0.2, 0.25) is 0 Å². The van der Waals surface area contributed by atoms with Crippen molar-refractivity contribution >= 4 is 21.9 Å². The summed E-state index contributed by atoms with van der Waals surface area (Å²) < 4.78 is 9.97. The highest BCUT2D eigenvalue weighted by atomic mass is 79.9. The van der Waals surface area contributed by atoms with Crippen molar-refractivity contribution < 1.29 is 14.3 Å². The van der Waals surface area contributed by atoms with Crippen molar-refractivity contribution in [2.45, 2.75) is 18.2 Å². The smallest absolute Gasteiger partial charge is 0.354 e. The lowest BCUT2D eigenvalue weighted by Crippen LogP contribution is -2.16. The molecule has 0 unspecified atom stereocenters. The van der Waals surface area contributed by atoms with E-state index in [-0.39, 0.29) is 10.5 Å². The van der Waals surface area contributed by atoms with Gasteiger partial charge in [0.05, 0.1) is 18.5 Å². The number of carbonyl (C=O) groups excluding carboxylic acids is 1. The fourth-order valence-corrected chi connectivity index (χ4v) is 2.16. The molecule has 0 amide bonds. The predicted octanol–water partition coefficient (Wildman–Crippen LogP) is 2.02. The van der Waals surface area contributed by atoms with Gasteiger partial charge in [-0.1, -0.05) is 22.0 Å². The van der Waals surface area contributed by atoms with Gasteiger partial charge in [0.1, 0.15) is 11.5 Å². The van der Waals surface area contributed by atoms with Gasteiger partial charge in [-0.25, -0.2) is 4.79 Å². The molecule has 0 fully saturated rings. The molecule has 1 aliphatic carbocycles. The number of ether oxygens (including phenoxy) is 2. The fraction of sp³-hybridized carbons (Fsp3) is 0.417. The summed E-state index contributed by atoms with van der Waals surface area (Å²) in [7, 11) is 1.63. The second-order valence-electron chi connectivity index (χ2n) is 3.51. The van der Waals surface area contributed by atoms with Crippen LogP contribution in [0.3, 0.4) is 0 Å². The molecule has 0 spiro atoms. The summed E-state index contributed by atoms with van der Waals surface area (Å²) in [4.78, 5) is 11.4. The van der Waals surface area contributed by atoms with Crippen LogP contribution in [0.15, 0.2) is 35.3 Å². The minimum atomic E-state index is -0.485. The van der Waals surface area contributed by atoms with E-state index in [1.807, 2.05) is 12.2 Å². The summed E-state index contributed by atoms with van der Waals surface area (Å²) in [6.45, 7) is 2.06. The normalized spacial score (nSPS) is 20.4. The predicted molar refractivity (Wildman–Crippen MR) is 69.4 cm³/mol. The number of carbonyl (C=O) groups is 1. The zero-order valence-corrected chi connectivity index (χ0v) is 11.5. The van der Waals surface area contributed by atoms with Crippen molar-refractivity contribution in [1.82, 2.24) is 0 Å². The van der Waals surface area contributed by atoms with Crippen LogP contribution < -0.4 is 5.73 Å². The first-order valence-electron chi connectivity index (χ1n) is 5.31. The molecule has 17 heavy (non-hydrogen) atoms. The molecule has 94 valence electrons. The van der Waals surface area contributed by atoms with Crippen LogP contribution in [-0.2, 0) is 14.3 Å². The van der Waals surface area contributed by atoms with Crippen LogP contribution in [0.5, 0.6) is 0 Å². The van der Waals surface area contributed by atoms with Gasteiger partial charge < -0.3 is 15.2 Å². The maximum Gasteiger partial charge on any atom is 0.354 e. The minimum Gasteiger partial charge on any atom is -0.500 e. The maximum absolute atomic E-state index is 11.3. The molecule has 1 atom stereocenters. The molecule has 0 aromatic rings. The fourth-order valence-electron chi connectivity index (χ4n) is 1.45. The summed E-state index contributed by atoms with van der Waals surface area (Å²) >= 11 is 3.49. The quantitative estimate of drug-likeness (QED) is 0.490. The number of methoxy groups -OCH3 is 1. The van der Waals surface area contributed by atoms with Gasteiger partial charge in [0, 0.05) is 0 Å². The Hall–Kier alpha value is -1.23. The van der Waals surface area contributed by atoms with Crippen molar-refractivity contribution in [2.75, 3.05) is 13.7 Å². The van der Waals surface area contributed by atoms with Crippen LogP contribution in [-0.4, -0.2) is 24.5 Å². The van der Waals surface area contributed by atoms with Gasteiger partial charge in [0.25, 0.3) is 0 Å². The van der Waals surface area contributed by atoms with Gasteiger partial charge in [-0.05, 0) is 31.1 Å². The lowest BCUT2D eigenvalue weighted by molar-refractivity contribution is -0.138. The van der Waals surface area contributed by atoms with Crippen LogP contribution in [0.25, 0.3) is 0 Å². The maximum atomic E-state index is 11.3. The Morgan fingerprint density at radius 1 is 1.65 bits per heavy atom. The van der Waals surface area contributed by atoms with Gasteiger partial charge in [0.15, 0.2) is 0 Å². The Morgan fingerprint density at radius 2 is 2.35 bits per heavy atom. The van der Waals surface area contributed by atoms with E-state index in [2.05, 4.69) is 15.9 Å². The zero-order valence-electron chi connectivity index (χ0n) is 9.90. The number of rotatable bonds is 4. The highest BCUT2D eigenvalue weighted by Gasteiger charge is 2.17. The summed E-state index contributed by atoms with van der Waals surface area (Å²) in [5.41, 5.74) is 6.70. The molecule has 1 rings (SSSR count). The van der Waals surface area contributed by atoms with E-state index in [1.165, 1.54) is 0 Å². The lowest BCUT2D eigenvalue weighted by Gasteiger charge is -2.17. The minimum absolute atomic E-state index is 0.110. The van der Waals surface area contributed by atoms with Gasteiger partial charge in [-0.2, -0.15) is 0 Å². The number of hydrogen-bond acceptors (Lipinski definition) is 4.